The number of rotatable bonds is 13. The van der Waals surface area contributed by atoms with Gasteiger partial charge in [-0.3, -0.25) is 4.79 Å². The minimum atomic E-state index is -5.17. The summed E-state index contributed by atoms with van der Waals surface area (Å²) >= 11 is 0.858. The summed E-state index contributed by atoms with van der Waals surface area (Å²) in [5, 5.41) is 4.04. The van der Waals surface area contributed by atoms with Crippen molar-refractivity contribution in [3.05, 3.63) is 35.1 Å². The maximum atomic E-state index is 15.6. The van der Waals surface area contributed by atoms with E-state index in [1.165, 1.54) is 4.72 Å². The van der Waals surface area contributed by atoms with Gasteiger partial charge in [0.25, 0.3) is 12.9 Å². The second-order valence-corrected chi connectivity index (χ2v) is 13.4. The van der Waals surface area contributed by atoms with Gasteiger partial charge in [0.1, 0.15) is 16.5 Å². The average molecular weight is 655 g/mol. The van der Waals surface area contributed by atoms with Crippen molar-refractivity contribution in [3.8, 4) is 21.3 Å². The van der Waals surface area contributed by atoms with E-state index in [0.717, 1.165) is 43.6 Å². The molecule has 0 bridgehead atoms. The first-order valence-corrected chi connectivity index (χ1v) is 15.5. The highest BCUT2D eigenvalue weighted by Gasteiger charge is 2.42. The highest BCUT2D eigenvalue weighted by Crippen LogP contribution is 2.44. The molecule has 1 fully saturated rings. The molecule has 43 heavy (non-hydrogen) atoms. The first-order valence-electron chi connectivity index (χ1n) is 13.2. The molecule has 0 aliphatic heterocycles. The zero-order valence-corrected chi connectivity index (χ0v) is 24.8. The van der Waals surface area contributed by atoms with Crippen LogP contribution in [0.25, 0.3) is 21.3 Å². The van der Waals surface area contributed by atoms with Crippen molar-refractivity contribution in [1.82, 2.24) is 19.8 Å². The molecule has 2 heterocycles. The van der Waals surface area contributed by atoms with Gasteiger partial charge in [-0.05, 0) is 38.7 Å². The molecule has 1 N–H and O–H groups in total. The van der Waals surface area contributed by atoms with Crippen LogP contribution in [0.5, 0.6) is 0 Å². The fourth-order valence-corrected chi connectivity index (χ4v) is 6.99. The molecule has 1 saturated carbocycles. The van der Waals surface area contributed by atoms with E-state index in [2.05, 4.69) is 15.1 Å². The van der Waals surface area contributed by atoms with Gasteiger partial charge < -0.3 is 9.26 Å². The summed E-state index contributed by atoms with van der Waals surface area (Å²) in [7, 11) is -5.17. The van der Waals surface area contributed by atoms with Crippen LogP contribution < -0.4 is 4.72 Å². The fraction of sp³-hybridized carbons (Fsp3) is 0.538. The number of carbonyl (C=O) groups is 1. The number of aromatic nitrogens is 3. The number of benzene rings is 1. The number of alkyl halides is 5. The quantitative estimate of drug-likeness (QED) is 0.166. The van der Waals surface area contributed by atoms with Crippen molar-refractivity contribution in [2.24, 2.45) is 5.92 Å². The predicted octanol–water partition coefficient (Wildman–Crippen LogP) is 6.39. The average Bonchev–Trinajstić information content (AvgIpc) is 3.50. The van der Waals surface area contributed by atoms with Crippen LogP contribution in [0.4, 0.5) is 26.3 Å². The summed E-state index contributed by atoms with van der Waals surface area (Å²) in [5.74, 6) is -1.57. The first kappa shape index (κ1) is 32.9. The van der Waals surface area contributed by atoms with Crippen molar-refractivity contribution in [1.29, 1.82) is 0 Å². The van der Waals surface area contributed by atoms with Crippen molar-refractivity contribution < 1.29 is 48.8 Å². The molecular weight excluding hydrogens is 626 g/mol. The Bertz CT molecular complexity index is 1570. The highest BCUT2D eigenvalue weighted by atomic mass is 32.2. The van der Waals surface area contributed by atoms with Gasteiger partial charge in [0.05, 0.1) is 22.6 Å². The van der Waals surface area contributed by atoms with Crippen LogP contribution in [0.15, 0.2) is 21.6 Å². The van der Waals surface area contributed by atoms with Crippen molar-refractivity contribution in [3.63, 3.8) is 0 Å². The number of thiazole rings is 1. The molecule has 1 atom stereocenters. The fourth-order valence-electron chi connectivity index (χ4n) is 4.54. The third-order valence-electron chi connectivity index (χ3n) is 7.01. The normalized spacial score (nSPS) is 15.5. The SMILES string of the molecule is CC[C@H](NS(=O)(=O)c1ccc(-c2sc(-c3noc(CC(C)(C)OC=O)n3)nc2CC2CCC2)c(C(F)F)c1F)C(F)(F)F. The van der Waals surface area contributed by atoms with E-state index in [9.17, 15) is 35.2 Å². The molecule has 1 aromatic carbocycles. The van der Waals surface area contributed by atoms with Gasteiger partial charge in [0, 0.05) is 5.56 Å². The number of halogens is 6. The van der Waals surface area contributed by atoms with Crippen molar-refractivity contribution in [2.75, 3.05) is 0 Å². The third kappa shape index (κ3) is 7.37. The van der Waals surface area contributed by atoms with Gasteiger partial charge in [-0.2, -0.15) is 22.9 Å². The number of sulfonamides is 1. The minimum absolute atomic E-state index is 0.00300. The predicted molar refractivity (Wildman–Crippen MR) is 142 cm³/mol. The Kier molecular flexibility index (Phi) is 9.56. The zero-order chi connectivity index (χ0) is 31.7. The number of hydrogen-bond acceptors (Lipinski definition) is 9. The van der Waals surface area contributed by atoms with Crippen LogP contribution in [-0.4, -0.2) is 47.8 Å². The highest BCUT2D eigenvalue weighted by molar-refractivity contribution is 7.89. The summed E-state index contributed by atoms with van der Waals surface area (Å²) in [6.07, 6.45) is -6.09. The Labute approximate surface area is 247 Å². The molecule has 1 aliphatic carbocycles. The van der Waals surface area contributed by atoms with Crippen LogP contribution in [0.1, 0.15) is 70.0 Å². The topological polar surface area (TPSA) is 124 Å². The van der Waals surface area contributed by atoms with Crippen LogP contribution in [-0.2, 0) is 32.4 Å². The van der Waals surface area contributed by atoms with Gasteiger partial charge in [-0.15, -0.1) is 11.3 Å². The Morgan fingerprint density at radius 3 is 2.47 bits per heavy atom. The van der Waals surface area contributed by atoms with Gasteiger partial charge in [-0.25, -0.2) is 26.6 Å². The smallest absolute Gasteiger partial charge is 0.404 e. The molecule has 4 rings (SSSR count). The maximum Gasteiger partial charge on any atom is 0.404 e. The molecule has 3 aromatic rings. The van der Waals surface area contributed by atoms with Crippen LogP contribution >= 0.6 is 11.3 Å². The van der Waals surface area contributed by atoms with Crippen LogP contribution in [0.2, 0.25) is 0 Å². The Hall–Kier alpha value is -3.05. The lowest BCUT2D eigenvalue weighted by molar-refractivity contribution is -0.151. The zero-order valence-electron chi connectivity index (χ0n) is 23.2. The molecule has 0 spiro atoms. The third-order valence-corrected chi connectivity index (χ3v) is 9.62. The lowest BCUT2D eigenvalue weighted by Gasteiger charge is -2.25. The first-order chi connectivity index (χ1) is 20.1. The summed E-state index contributed by atoms with van der Waals surface area (Å²) in [6, 6.07) is -0.938. The number of nitrogens with one attached hydrogen (secondary N) is 1. The summed E-state index contributed by atoms with van der Waals surface area (Å²) in [4.78, 5) is 18.3. The molecular formula is C26H28F6N4O5S2. The monoisotopic (exact) mass is 654 g/mol. The second kappa shape index (κ2) is 12.5. The van der Waals surface area contributed by atoms with Gasteiger partial charge in [0.15, 0.2) is 10.8 Å². The van der Waals surface area contributed by atoms with E-state index >= 15 is 4.39 Å². The number of nitrogens with zero attached hydrogens (tertiary/aromatic N) is 3. The van der Waals surface area contributed by atoms with E-state index in [1.807, 2.05) is 0 Å². The summed E-state index contributed by atoms with van der Waals surface area (Å²) in [5.41, 5.74) is -2.27. The van der Waals surface area contributed by atoms with Gasteiger partial charge >= 0.3 is 6.18 Å². The summed E-state index contributed by atoms with van der Waals surface area (Å²) in [6.45, 7) is 4.59. The van der Waals surface area contributed by atoms with Gasteiger partial charge in [-0.1, -0.05) is 37.4 Å². The molecule has 9 nitrogen and oxygen atoms in total. The second-order valence-electron chi connectivity index (χ2n) is 10.7. The molecule has 0 unspecified atom stereocenters. The van der Waals surface area contributed by atoms with E-state index < -0.39 is 57.0 Å². The molecule has 1 aliphatic rings. The van der Waals surface area contributed by atoms with E-state index in [0.29, 0.717) is 18.2 Å². The number of hydrogen-bond donors (Lipinski definition) is 1. The maximum absolute atomic E-state index is 15.6. The van der Waals surface area contributed by atoms with Gasteiger partial charge in [0.2, 0.25) is 21.7 Å². The Morgan fingerprint density at radius 2 is 1.91 bits per heavy atom. The Balaban J connectivity index is 1.78. The molecule has 0 radical (unpaired) electrons. The lowest BCUT2D eigenvalue weighted by atomic mass is 9.81. The molecule has 0 saturated heterocycles. The number of ether oxygens (including phenoxy) is 1. The molecule has 2 aromatic heterocycles. The number of carbonyl (C=O) groups excluding carboxylic acids is 1. The molecule has 17 heteroatoms. The van der Waals surface area contributed by atoms with Crippen LogP contribution in [0.3, 0.4) is 0 Å². The standard InChI is InChI=1S/C26H28F6N4O5S2/c1-4-17(26(30,31)32)36-43(38,39)16-9-8-14(19(20(16)27)22(28)29)21-15(10-13-6-5-7-13)33-24(42-21)23-34-18(41-35-23)11-25(2,3)40-12-37/h8-9,12-13,17,22,36H,4-7,10-11H2,1-3H3/t17-/m0/s1. The molecule has 236 valence electrons. The molecule has 0 amide bonds. The van der Waals surface area contributed by atoms with E-state index in [1.54, 1.807) is 13.8 Å². The lowest BCUT2D eigenvalue weighted by Crippen LogP contribution is -2.45. The van der Waals surface area contributed by atoms with E-state index in [-0.39, 0.29) is 46.0 Å². The largest absolute Gasteiger partial charge is 0.461 e. The minimum Gasteiger partial charge on any atom is -0.461 e. The van der Waals surface area contributed by atoms with Crippen LogP contribution in [0, 0.1) is 11.7 Å². The van der Waals surface area contributed by atoms with E-state index in [4.69, 9.17) is 9.26 Å². The Morgan fingerprint density at radius 1 is 1.21 bits per heavy atom. The van der Waals surface area contributed by atoms with Crippen molar-refractivity contribution in [2.45, 2.75) is 88.4 Å². The summed E-state index contributed by atoms with van der Waals surface area (Å²) < 4.78 is 121. The van der Waals surface area contributed by atoms with Crippen molar-refractivity contribution >= 4 is 27.8 Å².